The molecule has 21 heavy (non-hydrogen) atoms. The summed E-state index contributed by atoms with van der Waals surface area (Å²) in [7, 11) is 1.96. The highest BCUT2D eigenvalue weighted by atomic mass is 19.2. The molecule has 3 rings (SSSR count). The SMILES string of the molecule is Cn1ccnc1C1CNCCN1Cc1ccc(F)c(F)c1. The monoisotopic (exact) mass is 292 g/mol. The number of hydrogen-bond donors (Lipinski definition) is 1. The molecule has 0 bridgehead atoms. The van der Waals surface area contributed by atoms with E-state index < -0.39 is 11.6 Å². The van der Waals surface area contributed by atoms with Gasteiger partial charge >= 0.3 is 0 Å². The molecule has 1 aliphatic rings. The molecule has 112 valence electrons. The standard InChI is InChI=1S/C15H18F2N4/c1-20-6-5-19-15(20)14-9-18-4-7-21(14)10-11-2-3-12(16)13(17)8-11/h2-3,5-6,8,14,18H,4,7,9-10H2,1H3. The second kappa shape index (κ2) is 5.91. The van der Waals surface area contributed by atoms with E-state index in [9.17, 15) is 8.78 Å². The Hall–Kier alpha value is -1.79. The third kappa shape index (κ3) is 2.96. The number of imidazole rings is 1. The van der Waals surface area contributed by atoms with Crippen molar-refractivity contribution in [3.05, 3.63) is 53.6 Å². The summed E-state index contributed by atoms with van der Waals surface area (Å²) in [5.74, 6) is -0.624. The zero-order valence-corrected chi connectivity index (χ0v) is 11.9. The number of hydrogen-bond acceptors (Lipinski definition) is 3. The first-order chi connectivity index (χ1) is 10.1. The van der Waals surface area contributed by atoms with Crippen LogP contribution in [0.25, 0.3) is 0 Å². The summed E-state index contributed by atoms with van der Waals surface area (Å²) in [6.45, 7) is 3.10. The number of nitrogens with one attached hydrogen (secondary N) is 1. The van der Waals surface area contributed by atoms with Gasteiger partial charge in [-0.1, -0.05) is 6.07 Å². The van der Waals surface area contributed by atoms with Crippen LogP contribution >= 0.6 is 0 Å². The van der Waals surface area contributed by atoms with Crippen molar-refractivity contribution in [2.75, 3.05) is 19.6 Å². The van der Waals surface area contributed by atoms with Crippen LogP contribution in [-0.2, 0) is 13.6 Å². The maximum atomic E-state index is 13.3. The summed E-state index contributed by atoms with van der Waals surface area (Å²) in [4.78, 5) is 6.65. The normalized spacial score (nSPS) is 19.9. The summed E-state index contributed by atoms with van der Waals surface area (Å²) >= 11 is 0. The lowest BCUT2D eigenvalue weighted by Gasteiger charge is -2.35. The molecule has 2 heterocycles. The minimum atomic E-state index is -0.806. The Bertz CT molecular complexity index is 626. The molecule has 4 nitrogen and oxygen atoms in total. The van der Waals surface area contributed by atoms with Crippen LogP contribution < -0.4 is 5.32 Å². The largest absolute Gasteiger partial charge is 0.337 e. The van der Waals surface area contributed by atoms with Crippen LogP contribution in [0.1, 0.15) is 17.4 Å². The second-order valence-corrected chi connectivity index (χ2v) is 5.34. The van der Waals surface area contributed by atoms with Crippen molar-refractivity contribution in [2.45, 2.75) is 12.6 Å². The van der Waals surface area contributed by atoms with Gasteiger partial charge in [0.15, 0.2) is 11.6 Å². The Balaban J connectivity index is 1.81. The van der Waals surface area contributed by atoms with Crippen molar-refractivity contribution in [3.8, 4) is 0 Å². The first-order valence-electron chi connectivity index (χ1n) is 7.01. The Kier molecular flexibility index (Phi) is 3.98. The van der Waals surface area contributed by atoms with Gasteiger partial charge in [0, 0.05) is 45.6 Å². The molecule has 1 N–H and O–H groups in total. The van der Waals surface area contributed by atoms with Gasteiger partial charge in [-0.05, 0) is 17.7 Å². The molecular formula is C15H18F2N4. The fourth-order valence-electron chi connectivity index (χ4n) is 2.76. The molecule has 0 aliphatic carbocycles. The van der Waals surface area contributed by atoms with Gasteiger partial charge in [0.2, 0.25) is 0 Å². The fourth-order valence-corrected chi connectivity index (χ4v) is 2.76. The molecule has 1 aromatic heterocycles. The molecule has 1 saturated heterocycles. The molecule has 0 saturated carbocycles. The molecule has 6 heteroatoms. The molecule has 1 atom stereocenters. The summed E-state index contributed by atoms with van der Waals surface area (Å²) in [6.07, 6.45) is 3.69. The number of rotatable bonds is 3. The van der Waals surface area contributed by atoms with Gasteiger partial charge < -0.3 is 9.88 Å². The van der Waals surface area contributed by atoms with Crippen molar-refractivity contribution >= 4 is 0 Å². The zero-order chi connectivity index (χ0) is 14.8. The van der Waals surface area contributed by atoms with Gasteiger partial charge in [-0.2, -0.15) is 0 Å². The third-order valence-corrected chi connectivity index (χ3v) is 3.88. The quantitative estimate of drug-likeness (QED) is 0.937. The summed E-state index contributed by atoms with van der Waals surface area (Å²) in [6, 6.07) is 4.22. The summed E-state index contributed by atoms with van der Waals surface area (Å²) in [5.41, 5.74) is 0.773. The van der Waals surface area contributed by atoms with Crippen LogP contribution in [0.4, 0.5) is 8.78 Å². The third-order valence-electron chi connectivity index (χ3n) is 3.88. The minimum absolute atomic E-state index is 0.131. The highest BCUT2D eigenvalue weighted by Gasteiger charge is 2.26. The second-order valence-electron chi connectivity index (χ2n) is 5.34. The van der Waals surface area contributed by atoms with E-state index in [1.54, 1.807) is 12.3 Å². The molecule has 0 radical (unpaired) electrons. The Morgan fingerprint density at radius 3 is 2.90 bits per heavy atom. The van der Waals surface area contributed by atoms with Gasteiger partial charge in [-0.25, -0.2) is 13.8 Å². The van der Waals surface area contributed by atoms with Gasteiger partial charge in [0.25, 0.3) is 0 Å². The van der Waals surface area contributed by atoms with E-state index >= 15 is 0 Å². The van der Waals surface area contributed by atoms with E-state index in [-0.39, 0.29) is 6.04 Å². The maximum Gasteiger partial charge on any atom is 0.159 e. The first kappa shape index (κ1) is 14.2. The Labute approximate surface area is 122 Å². The number of halogens is 2. The van der Waals surface area contributed by atoms with E-state index in [0.717, 1.165) is 31.0 Å². The minimum Gasteiger partial charge on any atom is -0.337 e. The zero-order valence-electron chi connectivity index (χ0n) is 11.9. The topological polar surface area (TPSA) is 33.1 Å². The average molecular weight is 292 g/mol. The summed E-state index contributed by atoms with van der Waals surface area (Å²) in [5, 5.41) is 3.36. The molecule has 0 amide bonds. The molecule has 1 fully saturated rings. The summed E-state index contributed by atoms with van der Waals surface area (Å²) < 4.78 is 28.4. The van der Waals surface area contributed by atoms with E-state index in [1.165, 1.54) is 12.1 Å². The number of aromatic nitrogens is 2. The van der Waals surface area contributed by atoms with Crippen LogP contribution in [0.2, 0.25) is 0 Å². The van der Waals surface area contributed by atoms with E-state index in [0.29, 0.717) is 6.54 Å². The molecule has 1 aliphatic heterocycles. The number of piperazine rings is 1. The molecule has 1 aromatic carbocycles. The molecule has 0 spiro atoms. The molecule has 1 unspecified atom stereocenters. The fraction of sp³-hybridized carbons (Fsp3) is 0.400. The van der Waals surface area contributed by atoms with Crippen molar-refractivity contribution in [1.82, 2.24) is 19.8 Å². The van der Waals surface area contributed by atoms with Crippen molar-refractivity contribution in [3.63, 3.8) is 0 Å². The highest BCUT2D eigenvalue weighted by Crippen LogP contribution is 2.23. The average Bonchev–Trinajstić information content (AvgIpc) is 2.90. The lowest BCUT2D eigenvalue weighted by molar-refractivity contribution is 0.144. The number of nitrogens with zero attached hydrogens (tertiary/aromatic N) is 3. The van der Waals surface area contributed by atoms with Crippen molar-refractivity contribution in [2.24, 2.45) is 7.05 Å². The lowest BCUT2D eigenvalue weighted by Crippen LogP contribution is -2.46. The molecule has 2 aromatic rings. The molecular weight excluding hydrogens is 274 g/mol. The van der Waals surface area contributed by atoms with Crippen LogP contribution in [-0.4, -0.2) is 34.1 Å². The van der Waals surface area contributed by atoms with Crippen LogP contribution in [0.15, 0.2) is 30.6 Å². The van der Waals surface area contributed by atoms with E-state index in [1.807, 2.05) is 17.8 Å². The Morgan fingerprint density at radius 2 is 2.19 bits per heavy atom. The number of benzene rings is 1. The van der Waals surface area contributed by atoms with E-state index in [2.05, 4.69) is 15.2 Å². The first-order valence-corrected chi connectivity index (χ1v) is 7.01. The van der Waals surface area contributed by atoms with Gasteiger partial charge in [-0.3, -0.25) is 4.90 Å². The van der Waals surface area contributed by atoms with Crippen molar-refractivity contribution in [1.29, 1.82) is 0 Å². The van der Waals surface area contributed by atoms with Gasteiger partial charge in [-0.15, -0.1) is 0 Å². The maximum absolute atomic E-state index is 13.3. The van der Waals surface area contributed by atoms with Crippen LogP contribution in [0.5, 0.6) is 0 Å². The number of aryl methyl sites for hydroxylation is 1. The van der Waals surface area contributed by atoms with E-state index in [4.69, 9.17) is 0 Å². The van der Waals surface area contributed by atoms with Gasteiger partial charge in [0.1, 0.15) is 5.82 Å². The lowest BCUT2D eigenvalue weighted by atomic mass is 10.1. The van der Waals surface area contributed by atoms with Crippen molar-refractivity contribution < 1.29 is 8.78 Å². The van der Waals surface area contributed by atoms with Crippen LogP contribution in [0.3, 0.4) is 0 Å². The Morgan fingerprint density at radius 1 is 1.33 bits per heavy atom. The highest BCUT2D eigenvalue weighted by molar-refractivity contribution is 5.18. The predicted molar refractivity (Wildman–Crippen MR) is 75.6 cm³/mol. The van der Waals surface area contributed by atoms with Crippen LogP contribution in [0, 0.1) is 11.6 Å². The van der Waals surface area contributed by atoms with Gasteiger partial charge in [0.05, 0.1) is 6.04 Å². The predicted octanol–water partition coefficient (Wildman–Crippen LogP) is 1.84. The smallest absolute Gasteiger partial charge is 0.159 e.